The van der Waals surface area contributed by atoms with E-state index in [1.54, 1.807) is 36.5 Å². The van der Waals surface area contributed by atoms with Gasteiger partial charge in [-0.05, 0) is 32.0 Å². The number of benzene rings is 1. The zero-order valence-electron chi connectivity index (χ0n) is 15.7. The maximum Gasteiger partial charge on any atom is 0.251 e. The van der Waals surface area contributed by atoms with Crippen LogP contribution in [-0.2, 0) is 4.79 Å². The average Bonchev–Trinajstić information content (AvgIpc) is 2.61. The van der Waals surface area contributed by atoms with Gasteiger partial charge in [0.1, 0.15) is 0 Å². The smallest absolute Gasteiger partial charge is 0.251 e. The number of fused-ring (bicyclic) bond motifs is 1. The molecule has 1 heterocycles. The Kier molecular flexibility index (Phi) is 11.4. The summed E-state index contributed by atoms with van der Waals surface area (Å²) in [6.07, 6.45) is 5.32. The van der Waals surface area contributed by atoms with Gasteiger partial charge in [-0.15, -0.1) is 0 Å². The van der Waals surface area contributed by atoms with E-state index in [1.165, 1.54) is 5.57 Å². The van der Waals surface area contributed by atoms with E-state index in [-0.39, 0.29) is 12.5 Å². The molecule has 0 spiro atoms. The Morgan fingerprint density at radius 2 is 1.92 bits per heavy atom. The van der Waals surface area contributed by atoms with Crippen molar-refractivity contribution >= 4 is 34.3 Å². The van der Waals surface area contributed by atoms with Gasteiger partial charge in [-0.2, -0.15) is 0 Å². The molecule has 0 aliphatic carbocycles. The molecular weight excluding hydrogens is 350 g/mol. The van der Waals surface area contributed by atoms with Crippen molar-refractivity contribution in [1.29, 1.82) is 0 Å². The molecule has 0 fully saturated rings. The summed E-state index contributed by atoms with van der Waals surface area (Å²) < 4.78 is 0. The van der Waals surface area contributed by atoms with Crippen LogP contribution < -0.4 is 11.1 Å². The fraction of sp³-hybridized carbons (Fsp3) is 0.250. The zero-order chi connectivity index (χ0) is 20.1. The van der Waals surface area contributed by atoms with E-state index in [2.05, 4.69) is 16.9 Å². The molecule has 3 N–H and O–H groups in total. The van der Waals surface area contributed by atoms with E-state index in [1.807, 2.05) is 33.8 Å². The molecule has 0 saturated heterocycles. The number of carbonyl (C=O) groups is 2. The van der Waals surface area contributed by atoms with Crippen molar-refractivity contribution in [2.75, 3.05) is 6.54 Å². The van der Waals surface area contributed by atoms with Crippen molar-refractivity contribution in [2.24, 2.45) is 5.73 Å². The van der Waals surface area contributed by atoms with E-state index >= 15 is 0 Å². The minimum Gasteiger partial charge on any atom is -0.368 e. The van der Waals surface area contributed by atoms with E-state index in [4.69, 9.17) is 17.3 Å². The summed E-state index contributed by atoms with van der Waals surface area (Å²) in [5.41, 5.74) is 7.26. The first kappa shape index (κ1) is 23.3. The summed E-state index contributed by atoms with van der Waals surface area (Å²) >= 11 is 5.99. The lowest BCUT2D eigenvalue weighted by Gasteiger charge is -2.04. The number of aromatic nitrogens is 1. The summed E-state index contributed by atoms with van der Waals surface area (Å²) in [5.74, 6) is -0.970. The second kappa shape index (κ2) is 12.7. The Bertz CT molecular complexity index is 782. The van der Waals surface area contributed by atoms with Crippen molar-refractivity contribution in [2.45, 2.75) is 27.7 Å². The summed E-state index contributed by atoms with van der Waals surface area (Å²) in [7, 11) is 0. The predicted octanol–water partition coefficient (Wildman–Crippen LogP) is 4.27. The first-order valence-corrected chi connectivity index (χ1v) is 8.59. The number of nitrogens with two attached hydrogens (primary N) is 1. The Morgan fingerprint density at radius 1 is 1.27 bits per heavy atom. The number of halogens is 1. The Hall–Kier alpha value is -2.66. The number of amides is 2. The maximum atomic E-state index is 11.7. The number of carbonyl (C=O) groups excluding carboxylic acids is 2. The van der Waals surface area contributed by atoms with Gasteiger partial charge in [0.15, 0.2) is 0 Å². The van der Waals surface area contributed by atoms with E-state index in [9.17, 15) is 9.59 Å². The monoisotopic (exact) mass is 375 g/mol. The molecule has 0 unspecified atom stereocenters. The molecule has 6 heteroatoms. The Balaban J connectivity index is 0.000000667. The highest BCUT2D eigenvalue weighted by molar-refractivity contribution is 6.35. The molecule has 1 aromatic carbocycles. The van der Waals surface area contributed by atoms with Crippen LogP contribution in [0.2, 0.25) is 5.02 Å². The molecular formula is C20H26ClN3O2. The first-order chi connectivity index (χ1) is 12.3. The quantitative estimate of drug-likeness (QED) is 0.782. The largest absolute Gasteiger partial charge is 0.368 e. The molecule has 0 bridgehead atoms. The van der Waals surface area contributed by atoms with E-state index in [0.29, 0.717) is 16.1 Å². The van der Waals surface area contributed by atoms with Crippen LogP contribution in [0.5, 0.6) is 0 Å². The van der Waals surface area contributed by atoms with Crippen LogP contribution in [0.1, 0.15) is 38.1 Å². The zero-order valence-corrected chi connectivity index (χ0v) is 16.4. The number of primary amides is 1. The van der Waals surface area contributed by atoms with Gasteiger partial charge in [-0.3, -0.25) is 14.6 Å². The number of hydrogen-bond donors (Lipinski definition) is 2. The third kappa shape index (κ3) is 8.44. The fourth-order valence-corrected chi connectivity index (χ4v) is 1.98. The molecule has 26 heavy (non-hydrogen) atoms. The molecule has 2 rings (SSSR count). The second-order valence-corrected chi connectivity index (χ2v) is 5.56. The molecule has 2 aromatic rings. The highest BCUT2D eigenvalue weighted by Gasteiger charge is 2.08. The van der Waals surface area contributed by atoms with Crippen LogP contribution in [-0.4, -0.2) is 23.3 Å². The molecule has 0 aliphatic heterocycles. The van der Waals surface area contributed by atoms with Crippen LogP contribution >= 0.6 is 11.6 Å². The number of allylic oxidation sites excluding steroid dienone is 3. The van der Waals surface area contributed by atoms with Crippen molar-refractivity contribution < 1.29 is 9.59 Å². The third-order valence-corrected chi connectivity index (χ3v) is 3.16. The van der Waals surface area contributed by atoms with Gasteiger partial charge in [-0.25, -0.2) is 0 Å². The summed E-state index contributed by atoms with van der Waals surface area (Å²) in [4.78, 5) is 26.4. The molecule has 0 saturated carbocycles. The third-order valence-electron chi connectivity index (χ3n) is 2.83. The maximum absolute atomic E-state index is 11.7. The van der Waals surface area contributed by atoms with Crippen molar-refractivity contribution in [3.05, 3.63) is 65.4 Å². The normalized spacial score (nSPS) is 8.96. The summed E-state index contributed by atoms with van der Waals surface area (Å²) in [5, 5.41) is 3.75. The predicted molar refractivity (Wildman–Crippen MR) is 109 cm³/mol. The molecule has 140 valence electrons. The van der Waals surface area contributed by atoms with Gasteiger partial charge in [0.25, 0.3) is 5.91 Å². The Labute approximate surface area is 159 Å². The minimum atomic E-state index is -0.592. The number of hydrogen-bond acceptors (Lipinski definition) is 3. The number of rotatable bonds is 4. The fourth-order valence-electron chi connectivity index (χ4n) is 1.76. The van der Waals surface area contributed by atoms with E-state index in [0.717, 1.165) is 5.39 Å². The molecule has 0 radical (unpaired) electrons. The van der Waals surface area contributed by atoms with Gasteiger partial charge < -0.3 is 11.1 Å². The van der Waals surface area contributed by atoms with Crippen LogP contribution in [0.25, 0.3) is 10.9 Å². The number of pyridine rings is 1. The second-order valence-electron chi connectivity index (χ2n) is 5.15. The SMILES string of the molecule is C=CC=C(C)C.CC.NC(=O)CNC(=O)c1ccc2c(Cl)ccnc2c1. The molecule has 2 amide bonds. The van der Waals surface area contributed by atoms with Gasteiger partial charge in [-0.1, -0.05) is 55.8 Å². The highest BCUT2D eigenvalue weighted by atomic mass is 35.5. The molecule has 5 nitrogen and oxygen atoms in total. The average molecular weight is 376 g/mol. The number of nitrogens with zero attached hydrogens (tertiary/aromatic N) is 1. The molecule has 0 aliphatic rings. The van der Waals surface area contributed by atoms with Crippen LogP contribution in [0.3, 0.4) is 0 Å². The standard InChI is InChI=1S/C12H10ClN3O2.C6H10.C2H6/c13-9-3-4-15-10-5-7(1-2-8(9)10)12(18)16-6-11(14)17;1-4-5-6(2)3;1-2/h1-5H,6H2,(H2,14,17)(H,16,18);4-5H,1H2,2-3H3;1-2H3. The van der Waals surface area contributed by atoms with Gasteiger partial charge in [0, 0.05) is 17.1 Å². The van der Waals surface area contributed by atoms with E-state index < -0.39 is 5.91 Å². The topological polar surface area (TPSA) is 85.1 Å². The summed E-state index contributed by atoms with van der Waals surface area (Å²) in [6, 6.07) is 6.62. The van der Waals surface area contributed by atoms with Crippen molar-refractivity contribution in [3.63, 3.8) is 0 Å². The van der Waals surface area contributed by atoms with Gasteiger partial charge >= 0.3 is 0 Å². The van der Waals surface area contributed by atoms with Crippen LogP contribution in [0.15, 0.2) is 54.8 Å². The number of nitrogens with one attached hydrogen (secondary N) is 1. The lowest BCUT2D eigenvalue weighted by atomic mass is 10.1. The lowest BCUT2D eigenvalue weighted by molar-refractivity contribution is -0.117. The van der Waals surface area contributed by atoms with Crippen molar-refractivity contribution in [3.8, 4) is 0 Å². The Morgan fingerprint density at radius 3 is 2.42 bits per heavy atom. The molecule has 1 aromatic heterocycles. The highest BCUT2D eigenvalue weighted by Crippen LogP contribution is 2.22. The molecule has 0 atom stereocenters. The minimum absolute atomic E-state index is 0.195. The van der Waals surface area contributed by atoms with Gasteiger partial charge in [0.05, 0.1) is 17.1 Å². The van der Waals surface area contributed by atoms with Crippen LogP contribution in [0.4, 0.5) is 0 Å². The first-order valence-electron chi connectivity index (χ1n) is 8.22. The van der Waals surface area contributed by atoms with Crippen LogP contribution in [0, 0.1) is 0 Å². The van der Waals surface area contributed by atoms with Gasteiger partial charge in [0.2, 0.25) is 5.91 Å². The summed E-state index contributed by atoms with van der Waals surface area (Å²) in [6.45, 7) is 11.4. The van der Waals surface area contributed by atoms with Crippen molar-refractivity contribution in [1.82, 2.24) is 10.3 Å². The lowest BCUT2D eigenvalue weighted by Crippen LogP contribution is -2.33.